The minimum atomic E-state index is -0.385. The largest absolute Gasteiger partial charge is 0.319 e. The van der Waals surface area contributed by atoms with Gasteiger partial charge in [-0.1, -0.05) is 13.0 Å². The van der Waals surface area contributed by atoms with Crippen LogP contribution in [0.15, 0.2) is 18.2 Å². The predicted molar refractivity (Wildman–Crippen MR) is 79.5 cm³/mol. The van der Waals surface area contributed by atoms with Gasteiger partial charge in [-0.25, -0.2) is 0 Å². The van der Waals surface area contributed by atoms with Crippen LogP contribution in [0.5, 0.6) is 0 Å². The number of nitrogens with zero attached hydrogens (tertiary/aromatic N) is 2. The quantitative estimate of drug-likeness (QED) is 0.679. The molecular formula is C13H18ClN3O3. The SMILES string of the molecule is CNCC(C)C(=O)N1CCc2c1cccc2[N+](=O)[O-].Cl. The van der Waals surface area contributed by atoms with Crippen molar-refractivity contribution >= 4 is 29.7 Å². The minimum absolute atomic E-state index is 0. The molecule has 1 heterocycles. The van der Waals surface area contributed by atoms with Crippen LogP contribution in [0.25, 0.3) is 0 Å². The Labute approximate surface area is 123 Å². The first kappa shape index (κ1) is 16.4. The average molecular weight is 300 g/mol. The van der Waals surface area contributed by atoms with Gasteiger partial charge in [0.2, 0.25) is 5.91 Å². The highest BCUT2D eigenvalue weighted by Gasteiger charge is 2.31. The molecule has 1 amide bonds. The second-order valence-corrected chi connectivity index (χ2v) is 4.73. The van der Waals surface area contributed by atoms with E-state index in [4.69, 9.17) is 0 Å². The predicted octanol–water partition coefficient (Wildman–Crippen LogP) is 1.76. The summed E-state index contributed by atoms with van der Waals surface area (Å²) in [6.45, 7) is 2.97. The molecule has 0 fully saturated rings. The summed E-state index contributed by atoms with van der Waals surface area (Å²) in [6, 6.07) is 4.90. The van der Waals surface area contributed by atoms with Crippen molar-refractivity contribution in [2.24, 2.45) is 5.92 Å². The molecule has 1 aliphatic rings. The molecule has 0 saturated heterocycles. The van der Waals surface area contributed by atoms with E-state index >= 15 is 0 Å². The number of anilines is 1. The first-order valence-electron chi connectivity index (χ1n) is 6.28. The monoisotopic (exact) mass is 299 g/mol. The molecule has 1 aromatic rings. The number of hydrogen-bond donors (Lipinski definition) is 1. The normalized spacial score (nSPS) is 14.4. The summed E-state index contributed by atoms with van der Waals surface area (Å²) in [5.41, 5.74) is 1.45. The number of hydrogen-bond acceptors (Lipinski definition) is 4. The van der Waals surface area contributed by atoms with Crippen LogP contribution in [0.3, 0.4) is 0 Å². The van der Waals surface area contributed by atoms with Crippen LogP contribution in [0.4, 0.5) is 11.4 Å². The maximum Gasteiger partial charge on any atom is 0.274 e. The first-order valence-corrected chi connectivity index (χ1v) is 6.28. The number of fused-ring (bicyclic) bond motifs is 1. The number of nitrogens with one attached hydrogen (secondary N) is 1. The summed E-state index contributed by atoms with van der Waals surface area (Å²) in [4.78, 5) is 24.5. The van der Waals surface area contributed by atoms with Gasteiger partial charge in [0.05, 0.1) is 16.2 Å². The molecule has 2 rings (SSSR count). The number of rotatable bonds is 4. The molecule has 6 nitrogen and oxygen atoms in total. The van der Waals surface area contributed by atoms with Crippen LogP contribution in [0.2, 0.25) is 0 Å². The lowest BCUT2D eigenvalue weighted by Gasteiger charge is -2.21. The van der Waals surface area contributed by atoms with Crippen LogP contribution >= 0.6 is 12.4 Å². The lowest BCUT2D eigenvalue weighted by atomic mass is 10.1. The average Bonchev–Trinajstić information content (AvgIpc) is 2.81. The molecular weight excluding hydrogens is 282 g/mol. The van der Waals surface area contributed by atoms with Crippen LogP contribution in [-0.2, 0) is 11.2 Å². The van der Waals surface area contributed by atoms with Gasteiger partial charge in [0.25, 0.3) is 5.69 Å². The molecule has 1 aliphatic heterocycles. The number of amides is 1. The number of halogens is 1. The second-order valence-electron chi connectivity index (χ2n) is 4.73. The van der Waals surface area contributed by atoms with Crippen molar-refractivity contribution in [3.63, 3.8) is 0 Å². The van der Waals surface area contributed by atoms with Crippen LogP contribution in [-0.4, -0.2) is 31.0 Å². The van der Waals surface area contributed by atoms with E-state index in [1.54, 1.807) is 24.1 Å². The van der Waals surface area contributed by atoms with Gasteiger partial charge in [0.1, 0.15) is 0 Å². The van der Waals surface area contributed by atoms with E-state index in [1.165, 1.54) is 6.07 Å². The molecule has 0 saturated carbocycles. The maximum atomic E-state index is 12.3. The summed E-state index contributed by atoms with van der Waals surface area (Å²) in [5, 5.41) is 13.9. The molecule has 1 N–H and O–H groups in total. The van der Waals surface area contributed by atoms with Crippen molar-refractivity contribution in [3.8, 4) is 0 Å². The van der Waals surface area contributed by atoms with E-state index in [-0.39, 0.29) is 34.8 Å². The highest BCUT2D eigenvalue weighted by atomic mass is 35.5. The number of carbonyl (C=O) groups is 1. The number of nitro groups is 1. The fourth-order valence-electron chi connectivity index (χ4n) is 2.48. The van der Waals surface area contributed by atoms with Crippen molar-refractivity contribution in [2.45, 2.75) is 13.3 Å². The van der Waals surface area contributed by atoms with Gasteiger partial charge >= 0.3 is 0 Å². The van der Waals surface area contributed by atoms with Crippen molar-refractivity contribution in [1.29, 1.82) is 0 Å². The zero-order valence-corrected chi connectivity index (χ0v) is 12.3. The zero-order chi connectivity index (χ0) is 14.0. The van der Waals surface area contributed by atoms with E-state index in [9.17, 15) is 14.9 Å². The third-order valence-corrected chi connectivity index (χ3v) is 3.40. The van der Waals surface area contributed by atoms with Gasteiger partial charge in [-0.15, -0.1) is 12.4 Å². The van der Waals surface area contributed by atoms with E-state index < -0.39 is 0 Å². The summed E-state index contributed by atoms with van der Waals surface area (Å²) in [6.07, 6.45) is 0.546. The molecule has 0 aliphatic carbocycles. The molecule has 0 bridgehead atoms. The van der Waals surface area contributed by atoms with E-state index in [2.05, 4.69) is 5.32 Å². The molecule has 0 radical (unpaired) electrons. The summed E-state index contributed by atoms with van der Waals surface area (Å²) in [7, 11) is 1.80. The van der Waals surface area contributed by atoms with Gasteiger partial charge < -0.3 is 10.2 Å². The Morgan fingerprint density at radius 1 is 1.55 bits per heavy atom. The Kier molecular flexibility index (Phi) is 5.47. The lowest BCUT2D eigenvalue weighted by molar-refractivity contribution is -0.385. The van der Waals surface area contributed by atoms with Crippen LogP contribution < -0.4 is 10.2 Å². The third kappa shape index (κ3) is 2.91. The van der Waals surface area contributed by atoms with Crippen molar-refractivity contribution in [1.82, 2.24) is 5.32 Å². The minimum Gasteiger partial charge on any atom is -0.319 e. The molecule has 0 spiro atoms. The van der Waals surface area contributed by atoms with Gasteiger partial charge in [-0.05, 0) is 19.5 Å². The molecule has 1 unspecified atom stereocenters. The Morgan fingerprint density at radius 2 is 2.25 bits per heavy atom. The Hall–Kier alpha value is -1.66. The zero-order valence-electron chi connectivity index (χ0n) is 11.5. The van der Waals surface area contributed by atoms with E-state index in [0.717, 1.165) is 0 Å². The molecule has 20 heavy (non-hydrogen) atoms. The van der Waals surface area contributed by atoms with Gasteiger partial charge in [-0.3, -0.25) is 14.9 Å². The molecule has 1 atom stereocenters. The molecule has 7 heteroatoms. The fourth-order valence-corrected chi connectivity index (χ4v) is 2.48. The van der Waals surface area contributed by atoms with Crippen molar-refractivity contribution in [3.05, 3.63) is 33.9 Å². The number of benzene rings is 1. The summed E-state index contributed by atoms with van der Waals surface area (Å²) >= 11 is 0. The summed E-state index contributed by atoms with van der Waals surface area (Å²) in [5.74, 6) is -0.135. The van der Waals surface area contributed by atoms with E-state index in [1.807, 2.05) is 6.92 Å². The first-order chi connectivity index (χ1) is 9.06. The molecule has 1 aromatic carbocycles. The maximum absolute atomic E-state index is 12.3. The van der Waals surface area contributed by atoms with Crippen molar-refractivity contribution in [2.75, 3.05) is 25.0 Å². The third-order valence-electron chi connectivity index (χ3n) is 3.40. The highest BCUT2D eigenvalue weighted by molar-refractivity contribution is 5.97. The van der Waals surface area contributed by atoms with Crippen LogP contribution in [0, 0.1) is 16.0 Å². The Bertz CT molecular complexity index is 522. The highest BCUT2D eigenvalue weighted by Crippen LogP contribution is 2.35. The Morgan fingerprint density at radius 3 is 2.85 bits per heavy atom. The van der Waals surface area contributed by atoms with Gasteiger partial charge in [0.15, 0.2) is 0 Å². The fraction of sp³-hybridized carbons (Fsp3) is 0.462. The standard InChI is InChI=1S/C13H17N3O3.ClH/c1-9(8-14-2)13(17)15-7-6-10-11(15)4-3-5-12(10)16(18)19;/h3-5,9,14H,6-8H2,1-2H3;1H. The number of nitro benzene ring substituents is 1. The van der Waals surface area contributed by atoms with Gasteiger partial charge in [-0.2, -0.15) is 0 Å². The second kappa shape index (κ2) is 6.67. The Balaban J connectivity index is 0.00000200. The number of carbonyl (C=O) groups excluding carboxylic acids is 1. The smallest absolute Gasteiger partial charge is 0.274 e. The molecule has 0 aromatic heterocycles. The van der Waals surface area contributed by atoms with Gasteiger partial charge in [0, 0.05) is 25.1 Å². The molecule has 110 valence electrons. The van der Waals surface area contributed by atoms with E-state index in [0.29, 0.717) is 30.8 Å². The topological polar surface area (TPSA) is 75.5 Å². The lowest BCUT2D eigenvalue weighted by Crippen LogP contribution is -2.37. The summed E-state index contributed by atoms with van der Waals surface area (Å²) < 4.78 is 0. The van der Waals surface area contributed by atoms with Crippen molar-refractivity contribution < 1.29 is 9.72 Å². The van der Waals surface area contributed by atoms with Crippen LogP contribution in [0.1, 0.15) is 12.5 Å².